The van der Waals surface area contributed by atoms with Gasteiger partial charge in [0.05, 0.1) is 18.3 Å². The van der Waals surface area contributed by atoms with Gasteiger partial charge in [0.25, 0.3) is 5.91 Å². The Labute approximate surface area is 205 Å². The summed E-state index contributed by atoms with van der Waals surface area (Å²) in [7, 11) is 1.55. The van der Waals surface area contributed by atoms with Gasteiger partial charge in [-0.2, -0.15) is 5.10 Å². The molecule has 34 heavy (non-hydrogen) atoms. The quantitative estimate of drug-likeness (QED) is 0.339. The van der Waals surface area contributed by atoms with Gasteiger partial charge < -0.3 is 14.4 Å². The van der Waals surface area contributed by atoms with Crippen LogP contribution in [0.25, 0.3) is 0 Å². The van der Waals surface area contributed by atoms with E-state index in [4.69, 9.17) is 21.1 Å². The number of amides is 1. The Morgan fingerprint density at radius 3 is 2.47 bits per heavy atom. The number of halogens is 1. The third-order valence-electron chi connectivity index (χ3n) is 5.74. The van der Waals surface area contributed by atoms with E-state index in [-0.39, 0.29) is 5.91 Å². The predicted octanol–water partition coefficient (Wildman–Crippen LogP) is 5.60. The van der Waals surface area contributed by atoms with Crippen molar-refractivity contribution in [3.63, 3.8) is 0 Å². The van der Waals surface area contributed by atoms with Gasteiger partial charge >= 0.3 is 0 Å². The number of nitrogens with one attached hydrogen (secondary N) is 1. The number of ether oxygens (including phenoxy) is 2. The number of nitrogens with zero attached hydrogens (tertiary/aromatic N) is 2. The zero-order valence-electron chi connectivity index (χ0n) is 19.4. The summed E-state index contributed by atoms with van der Waals surface area (Å²) in [6, 6.07) is 19.2. The number of anilines is 1. The lowest BCUT2D eigenvalue weighted by Gasteiger charge is -2.17. The summed E-state index contributed by atoms with van der Waals surface area (Å²) in [4.78, 5) is 14.8. The molecule has 176 valence electrons. The molecule has 0 aliphatic carbocycles. The SMILES string of the molecule is COc1cc(/C=N\NC(=O)c2ccc(N3CCCC3)cc2)cc(Cl)c1OCc1ccc(C)cc1. The van der Waals surface area contributed by atoms with Crippen LogP contribution in [-0.2, 0) is 6.61 Å². The fraction of sp³-hybridized carbons (Fsp3) is 0.259. The molecule has 1 fully saturated rings. The first-order valence-corrected chi connectivity index (χ1v) is 11.7. The largest absolute Gasteiger partial charge is 0.493 e. The lowest BCUT2D eigenvalue weighted by Crippen LogP contribution is -2.19. The summed E-state index contributed by atoms with van der Waals surface area (Å²) in [5.41, 5.74) is 7.15. The molecule has 0 aromatic heterocycles. The van der Waals surface area contributed by atoms with Gasteiger partial charge in [-0.3, -0.25) is 4.79 Å². The fourth-order valence-electron chi connectivity index (χ4n) is 3.82. The van der Waals surface area contributed by atoms with Crippen LogP contribution >= 0.6 is 11.6 Å². The van der Waals surface area contributed by atoms with Crippen molar-refractivity contribution in [1.82, 2.24) is 5.43 Å². The maximum absolute atomic E-state index is 12.4. The predicted molar refractivity (Wildman–Crippen MR) is 136 cm³/mol. The third-order valence-corrected chi connectivity index (χ3v) is 6.02. The van der Waals surface area contributed by atoms with Crippen LogP contribution in [-0.4, -0.2) is 32.3 Å². The lowest BCUT2D eigenvalue weighted by molar-refractivity contribution is 0.0955. The second-order valence-corrected chi connectivity index (χ2v) is 8.66. The summed E-state index contributed by atoms with van der Waals surface area (Å²) < 4.78 is 11.4. The molecular weight excluding hydrogens is 450 g/mol. The maximum Gasteiger partial charge on any atom is 0.271 e. The number of benzene rings is 3. The average molecular weight is 478 g/mol. The van der Waals surface area contributed by atoms with E-state index in [0.29, 0.717) is 34.3 Å². The Kier molecular flexibility index (Phi) is 7.70. The average Bonchev–Trinajstić information content (AvgIpc) is 3.39. The smallest absolute Gasteiger partial charge is 0.271 e. The van der Waals surface area contributed by atoms with Gasteiger partial charge in [0.2, 0.25) is 0 Å². The van der Waals surface area contributed by atoms with Gasteiger partial charge in [0.15, 0.2) is 11.5 Å². The Morgan fingerprint density at radius 1 is 1.09 bits per heavy atom. The van der Waals surface area contributed by atoms with Gasteiger partial charge in [0, 0.05) is 24.3 Å². The first kappa shape index (κ1) is 23.6. The van der Waals surface area contributed by atoms with Crippen LogP contribution in [0, 0.1) is 6.92 Å². The van der Waals surface area contributed by atoms with E-state index in [9.17, 15) is 4.79 Å². The molecular formula is C27H28ClN3O3. The first-order valence-electron chi connectivity index (χ1n) is 11.3. The van der Waals surface area contributed by atoms with Crippen LogP contribution in [0.5, 0.6) is 11.5 Å². The molecule has 0 atom stereocenters. The van der Waals surface area contributed by atoms with Crippen molar-refractivity contribution < 1.29 is 14.3 Å². The van der Waals surface area contributed by atoms with E-state index >= 15 is 0 Å². The van der Waals surface area contributed by atoms with E-state index in [0.717, 1.165) is 24.3 Å². The molecule has 1 amide bonds. The van der Waals surface area contributed by atoms with E-state index in [2.05, 4.69) is 15.4 Å². The number of rotatable bonds is 8. The summed E-state index contributed by atoms with van der Waals surface area (Å²) in [6.45, 7) is 4.55. The Balaban J connectivity index is 1.37. The highest BCUT2D eigenvalue weighted by Crippen LogP contribution is 2.36. The number of carbonyl (C=O) groups excluding carboxylic acids is 1. The second-order valence-electron chi connectivity index (χ2n) is 8.25. The molecule has 3 aromatic carbocycles. The minimum absolute atomic E-state index is 0.277. The molecule has 0 radical (unpaired) electrons. The van der Waals surface area contributed by atoms with Crippen LogP contribution in [0.2, 0.25) is 5.02 Å². The molecule has 0 spiro atoms. The van der Waals surface area contributed by atoms with Crippen LogP contribution in [0.1, 0.15) is 39.9 Å². The molecule has 1 heterocycles. The summed E-state index contributed by atoms with van der Waals surface area (Å²) >= 11 is 6.45. The number of hydrogen-bond acceptors (Lipinski definition) is 5. The molecule has 7 heteroatoms. The van der Waals surface area contributed by atoms with E-state index in [1.807, 2.05) is 55.5 Å². The zero-order valence-corrected chi connectivity index (χ0v) is 20.1. The monoisotopic (exact) mass is 477 g/mol. The fourth-order valence-corrected chi connectivity index (χ4v) is 4.10. The van der Waals surface area contributed by atoms with Crippen LogP contribution in [0.3, 0.4) is 0 Å². The van der Waals surface area contributed by atoms with Gasteiger partial charge in [-0.1, -0.05) is 41.4 Å². The number of methoxy groups -OCH3 is 1. The van der Waals surface area contributed by atoms with Gasteiger partial charge in [0.1, 0.15) is 6.61 Å². The minimum Gasteiger partial charge on any atom is -0.493 e. The Hall–Kier alpha value is -3.51. The minimum atomic E-state index is -0.277. The number of aryl methyl sites for hydroxylation is 1. The van der Waals surface area contributed by atoms with E-state index < -0.39 is 0 Å². The number of hydrogen-bond donors (Lipinski definition) is 1. The molecule has 1 N–H and O–H groups in total. The topological polar surface area (TPSA) is 63.2 Å². The summed E-state index contributed by atoms with van der Waals surface area (Å²) in [5, 5.41) is 4.48. The highest BCUT2D eigenvalue weighted by Gasteiger charge is 2.14. The van der Waals surface area contributed by atoms with Crippen LogP contribution in [0.4, 0.5) is 5.69 Å². The van der Waals surface area contributed by atoms with Gasteiger partial charge in [-0.15, -0.1) is 0 Å². The molecule has 0 bridgehead atoms. The van der Waals surface area contributed by atoms with Crippen molar-refractivity contribution in [2.24, 2.45) is 5.10 Å². The van der Waals surface area contributed by atoms with E-state index in [1.54, 1.807) is 19.2 Å². The Bertz CT molecular complexity index is 1150. The van der Waals surface area contributed by atoms with E-state index in [1.165, 1.54) is 24.6 Å². The zero-order chi connectivity index (χ0) is 23.9. The molecule has 1 aliphatic heterocycles. The lowest BCUT2D eigenvalue weighted by atomic mass is 10.1. The number of hydrazone groups is 1. The summed E-state index contributed by atoms with van der Waals surface area (Å²) in [5.74, 6) is 0.675. The first-order chi connectivity index (χ1) is 16.5. The third kappa shape index (κ3) is 5.88. The summed E-state index contributed by atoms with van der Waals surface area (Å²) in [6.07, 6.45) is 3.95. The highest BCUT2D eigenvalue weighted by atomic mass is 35.5. The molecule has 3 aromatic rings. The highest BCUT2D eigenvalue weighted by molar-refractivity contribution is 6.32. The molecule has 0 unspecified atom stereocenters. The normalized spacial score (nSPS) is 13.3. The van der Waals surface area contributed by atoms with Gasteiger partial charge in [-0.25, -0.2) is 5.43 Å². The van der Waals surface area contributed by atoms with Crippen molar-refractivity contribution in [2.75, 3.05) is 25.1 Å². The molecule has 4 rings (SSSR count). The molecule has 1 aliphatic rings. The molecule has 6 nitrogen and oxygen atoms in total. The van der Waals surface area contributed by atoms with Crippen LogP contribution in [0.15, 0.2) is 65.8 Å². The molecule has 1 saturated heterocycles. The van der Waals surface area contributed by atoms with Crippen LogP contribution < -0.4 is 19.8 Å². The van der Waals surface area contributed by atoms with Crippen molar-refractivity contribution in [3.8, 4) is 11.5 Å². The second kappa shape index (κ2) is 11.1. The van der Waals surface area contributed by atoms with Crippen molar-refractivity contribution >= 4 is 29.4 Å². The van der Waals surface area contributed by atoms with Gasteiger partial charge in [-0.05, 0) is 67.3 Å². The maximum atomic E-state index is 12.4. The standard InChI is InChI=1S/C27H28ClN3O3/c1-19-5-7-20(8-6-19)18-34-26-24(28)15-21(16-25(26)33-2)17-29-30-27(32)22-9-11-23(12-10-22)31-13-3-4-14-31/h5-12,15-17H,3-4,13-14,18H2,1-2H3,(H,30,32)/b29-17-. The van der Waals surface area contributed by atoms with Crippen molar-refractivity contribution in [3.05, 3.63) is 87.9 Å². The van der Waals surface area contributed by atoms with Crippen molar-refractivity contribution in [1.29, 1.82) is 0 Å². The Morgan fingerprint density at radius 2 is 1.79 bits per heavy atom. The molecule has 0 saturated carbocycles. The van der Waals surface area contributed by atoms with Crippen molar-refractivity contribution in [2.45, 2.75) is 26.4 Å². The number of carbonyl (C=O) groups is 1.